The third kappa shape index (κ3) is 6.54. The van der Waals surface area contributed by atoms with E-state index in [0.717, 1.165) is 30.9 Å². The van der Waals surface area contributed by atoms with Gasteiger partial charge in [0.05, 0.1) is 0 Å². The first-order chi connectivity index (χ1) is 7.27. The minimum Gasteiger partial charge on any atom is -0.166 e. The Kier molecular flexibility index (Phi) is 6.23. The van der Waals surface area contributed by atoms with Crippen LogP contribution < -0.4 is 0 Å². The molecule has 0 saturated carbocycles. The van der Waals surface area contributed by atoms with E-state index in [4.69, 9.17) is 7.85 Å². The highest BCUT2D eigenvalue weighted by Gasteiger charge is 2.29. The molecule has 16 heavy (non-hydrogen) atoms. The molecule has 88 valence electrons. The zero-order valence-electron chi connectivity index (χ0n) is 9.69. The Bertz CT molecular complexity index is 298. The third-order valence-corrected chi connectivity index (χ3v) is 2.04. The van der Waals surface area contributed by atoms with Crippen LogP contribution in [0, 0.1) is 0 Å². The first-order valence-electron chi connectivity index (χ1n) is 5.17. The molecule has 0 amide bonds. The van der Waals surface area contributed by atoms with Gasteiger partial charge < -0.3 is 0 Å². The molecule has 0 rings (SSSR count). The fourth-order valence-corrected chi connectivity index (χ4v) is 1.14. The molecular weight excluding hydrogens is 212 g/mol. The smallest absolute Gasteiger partial charge is 0.166 e. The lowest BCUT2D eigenvalue weighted by Crippen LogP contribution is -2.09. The van der Waals surface area contributed by atoms with Crippen molar-refractivity contribution in [1.29, 1.82) is 0 Å². The lowest BCUT2D eigenvalue weighted by Gasteiger charge is -2.06. The summed E-state index contributed by atoms with van der Waals surface area (Å²) in [6.45, 7) is 6.83. The highest BCUT2D eigenvalue weighted by molar-refractivity contribution is 6.23. The molecule has 0 aromatic heterocycles. The number of halogens is 3. The quantitative estimate of drug-likeness (QED) is 0.486. The van der Waals surface area contributed by atoms with Crippen LogP contribution in [0.3, 0.4) is 0 Å². The van der Waals surface area contributed by atoms with Crippen molar-refractivity contribution in [2.24, 2.45) is 0 Å². The van der Waals surface area contributed by atoms with E-state index in [-0.39, 0.29) is 5.47 Å². The van der Waals surface area contributed by atoms with E-state index in [9.17, 15) is 13.2 Å². The van der Waals surface area contributed by atoms with E-state index >= 15 is 0 Å². The van der Waals surface area contributed by atoms with Crippen LogP contribution in [0.1, 0.15) is 33.1 Å². The Morgan fingerprint density at radius 3 is 2.31 bits per heavy atom. The predicted octanol–water partition coefficient (Wildman–Crippen LogP) is 4.29. The van der Waals surface area contributed by atoms with Crippen molar-refractivity contribution in [1.82, 2.24) is 0 Å². The summed E-state index contributed by atoms with van der Waals surface area (Å²) >= 11 is 0. The standard InChI is InChI=1S/C12H16BF3/c1-4-5-6-9(2)7-11(13)8-10(3)12(14,15)16/h7-8H,3-6H2,1-2H3/b9-7-,11-8+. The van der Waals surface area contributed by atoms with Crippen molar-refractivity contribution in [3.05, 3.63) is 35.3 Å². The van der Waals surface area contributed by atoms with Crippen LogP contribution in [-0.4, -0.2) is 14.0 Å². The van der Waals surface area contributed by atoms with Crippen molar-refractivity contribution >= 4 is 7.85 Å². The number of hydrogen-bond acceptors (Lipinski definition) is 0. The van der Waals surface area contributed by atoms with Gasteiger partial charge in [-0.3, -0.25) is 0 Å². The molecular formula is C12H16BF3. The van der Waals surface area contributed by atoms with Gasteiger partial charge in [0.25, 0.3) is 0 Å². The number of rotatable bonds is 5. The minimum absolute atomic E-state index is 0.0935. The third-order valence-electron chi connectivity index (χ3n) is 2.04. The predicted molar refractivity (Wildman–Crippen MR) is 62.3 cm³/mol. The highest BCUT2D eigenvalue weighted by Crippen LogP contribution is 2.25. The molecule has 4 heteroatoms. The molecule has 0 saturated heterocycles. The normalized spacial score (nSPS) is 14.1. The zero-order valence-corrected chi connectivity index (χ0v) is 9.69. The Balaban J connectivity index is 4.50. The summed E-state index contributed by atoms with van der Waals surface area (Å²) in [5.74, 6) is 0. The number of hydrogen-bond donors (Lipinski definition) is 0. The van der Waals surface area contributed by atoms with Gasteiger partial charge in [0.2, 0.25) is 0 Å². The van der Waals surface area contributed by atoms with Gasteiger partial charge in [-0.1, -0.05) is 43.1 Å². The summed E-state index contributed by atoms with van der Waals surface area (Å²) in [6.07, 6.45) is 0.918. The molecule has 2 radical (unpaired) electrons. The second-order valence-corrected chi connectivity index (χ2v) is 3.76. The molecule has 0 aliphatic rings. The lowest BCUT2D eigenvalue weighted by molar-refractivity contribution is -0.0878. The van der Waals surface area contributed by atoms with Gasteiger partial charge in [-0.15, -0.1) is 0 Å². The molecule has 0 spiro atoms. The Morgan fingerprint density at radius 1 is 1.31 bits per heavy atom. The van der Waals surface area contributed by atoms with Gasteiger partial charge in [-0.25, -0.2) is 0 Å². The van der Waals surface area contributed by atoms with Crippen LogP contribution in [-0.2, 0) is 0 Å². The molecule has 0 fully saturated rings. The zero-order chi connectivity index (χ0) is 12.8. The summed E-state index contributed by atoms with van der Waals surface area (Å²) < 4.78 is 36.4. The maximum atomic E-state index is 12.1. The van der Waals surface area contributed by atoms with Crippen LogP contribution in [0.2, 0.25) is 0 Å². The van der Waals surface area contributed by atoms with Crippen molar-refractivity contribution in [3.63, 3.8) is 0 Å². The fraction of sp³-hybridized carbons (Fsp3) is 0.500. The fourth-order valence-electron chi connectivity index (χ4n) is 1.14. The number of allylic oxidation sites excluding steroid dienone is 5. The molecule has 0 unspecified atom stereocenters. The van der Waals surface area contributed by atoms with Gasteiger partial charge in [-0.05, 0) is 19.8 Å². The first kappa shape index (κ1) is 15.1. The monoisotopic (exact) mass is 228 g/mol. The van der Waals surface area contributed by atoms with E-state index in [1.165, 1.54) is 0 Å². The lowest BCUT2D eigenvalue weighted by atomic mass is 9.90. The molecule has 0 aliphatic carbocycles. The van der Waals surface area contributed by atoms with E-state index in [2.05, 4.69) is 13.5 Å². The van der Waals surface area contributed by atoms with Crippen LogP contribution >= 0.6 is 0 Å². The van der Waals surface area contributed by atoms with Crippen molar-refractivity contribution < 1.29 is 13.2 Å². The topological polar surface area (TPSA) is 0 Å². The SMILES string of the molecule is [B]C(=C/C(=C)C(F)(F)F)/C=C(/C)CCCC. The van der Waals surface area contributed by atoms with E-state index in [1.54, 1.807) is 6.08 Å². The molecule has 0 heterocycles. The first-order valence-corrected chi connectivity index (χ1v) is 5.17. The molecule has 0 N–H and O–H groups in total. The summed E-state index contributed by atoms with van der Waals surface area (Å²) in [4.78, 5) is 0. The molecule has 0 bridgehead atoms. The molecule has 0 aromatic carbocycles. The largest absolute Gasteiger partial charge is 0.415 e. The second-order valence-electron chi connectivity index (χ2n) is 3.76. The van der Waals surface area contributed by atoms with Gasteiger partial charge >= 0.3 is 6.18 Å². The number of unbranched alkanes of at least 4 members (excludes halogenated alkanes) is 1. The van der Waals surface area contributed by atoms with Gasteiger partial charge in [0.1, 0.15) is 7.85 Å². The summed E-state index contributed by atoms with van der Waals surface area (Å²) in [7, 11) is 5.47. The van der Waals surface area contributed by atoms with Crippen molar-refractivity contribution in [2.75, 3.05) is 0 Å². The molecule has 0 aliphatic heterocycles. The number of alkyl halides is 3. The average Bonchev–Trinajstić information content (AvgIpc) is 2.12. The van der Waals surface area contributed by atoms with Gasteiger partial charge in [0, 0.05) is 5.57 Å². The molecule has 0 aromatic rings. The van der Waals surface area contributed by atoms with Crippen LogP contribution in [0.5, 0.6) is 0 Å². The Morgan fingerprint density at radius 2 is 1.88 bits per heavy atom. The maximum absolute atomic E-state index is 12.1. The highest BCUT2D eigenvalue weighted by atomic mass is 19.4. The van der Waals surface area contributed by atoms with E-state index in [1.807, 2.05) is 6.92 Å². The maximum Gasteiger partial charge on any atom is 0.415 e. The Hall–Kier alpha value is -0.925. The minimum atomic E-state index is -4.41. The second kappa shape index (κ2) is 6.61. The summed E-state index contributed by atoms with van der Waals surface area (Å²) in [5, 5.41) is 0. The van der Waals surface area contributed by atoms with Gasteiger partial charge in [-0.2, -0.15) is 13.2 Å². The van der Waals surface area contributed by atoms with E-state index < -0.39 is 11.7 Å². The van der Waals surface area contributed by atoms with Crippen molar-refractivity contribution in [3.8, 4) is 0 Å². The Labute approximate surface area is 96.3 Å². The molecule has 0 atom stereocenters. The van der Waals surface area contributed by atoms with Gasteiger partial charge in [0.15, 0.2) is 0 Å². The van der Waals surface area contributed by atoms with Crippen molar-refractivity contribution in [2.45, 2.75) is 39.3 Å². The molecule has 0 nitrogen and oxygen atoms in total. The summed E-state index contributed by atoms with van der Waals surface area (Å²) in [5.41, 5.74) is 0.144. The van der Waals surface area contributed by atoms with Crippen LogP contribution in [0.25, 0.3) is 0 Å². The summed E-state index contributed by atoms with van der Waals surface area (Å²) in [6, 6.07) is 0. The van der Waals surface area contributed by atoms with E-state index in [0.29, 0.717) is 0 Å². The van der Waals surface area contributed by atoms with Crippen LogP contribution in [0.4, 0.5) is 13.2 Å². The van der Waals surface area contributed by atoms with Crippen LogP contribution in [0.15, 0.2) is 35.3 Å². The average molecular weight is 228 g/mol.